The molecule has 3 aromatic carbocycles. The van der Waals surface area contributed by atoms with Gasteiger partial charge in [0.2, 0.25) is 0 Å². The molecule has 0 atom stereocenters. The van der Waals surface area contributed by atoms with E-state index in [0.717, 1.165) is 27.9 Å². The molecule has 0 aliphatic rings. The van der Waals surface area contributed by atoms with Gasteiger partial charge >= 0.3 is 0 Å². The molecular weight excluding hydrogens is 479 g/mol. The van der Waals surface area contributed by atoms with E-state index < -0.39 is 39.0 Å². The third kappa shape index (κ3) is 4.34. The summed E-state index contributed by atoms with van der Waals surface area (Å²) >= 11 is 0. The van der Waals surface area contributed by atoms with Gasteiger partial charge in [-0.25, -0.2) is 25.6 Å². The van der Waals surface area contributed by atoms with Crippen LogP contribution in [0, 0.1) is 36.7 Å². The van der Waals surface area contributed by atoms with Gasteiger partial charge in [0.15, 0.2) is 29.0 Å². The summed E-state index contributed by atoms with van der Waals surface area (Å²) in [7, 11) is -4.13. The molecule has 0 saturated carbocycles. The molecule has 4 rings (SSSR count). The molecule has 0 aliphatic heterocycles. The highest BCUT2D eigenvalue weighted by atomic mass is 32.2. The largest absolute Gasteiger partial charge is 0.448 e. The maximum absolute atomic E-state index is 15.3. The van der Waals surface area contributed by atoms with E-state index in [0.29, 0.717) is 0 Å². The number of nitrogens with two attached hydrogens (primary N) is 1. The van der Waals surface area contributed by atoms with E-state index in [4.69, 9.17) is 16.9 Å². The average molecular weight is 497 g/mol. The van der Waals surface area contributed by atoms with Crippen molar-refractivity contribution in [3.8, 4) is 23.8 Å². The first kappa shape index (κ1) is 23.9. The molecule has 0 bridgehead atoms. The van der Waals surface area contributed by atoms with Crippen molar-refractivity contribution in [2.24, 2.45) is 10.7 Å². The molecule has 0 saturated heterocycles. The number of ether oxygens (including phenoxy) is 1. The molecule has 0 radical (unpaired) electrons. The average Bonchev–Trinajstić information content (AvgIpc) is 3.26. The summed E-state index contributed by atoms with van der Waals surface area (Å²) in [5, 5.41) is -0.233. The second-order valence-corrected chi connectivity index (χ2v) is 9.30. The lowest BCUT2D eigenvalue weighted by Gasteiger charge is -2.13. The molecule has 35 heavy (non-hydrogen) atoms. The summed E-state index contributed by atoms with van der Waals surface area (Å²) < 4.78 is 77.2. The van der Waals surface area contributed by atoms with E-state index in [9.17, 15) is 17.2 Å². The van der Waals surface area contributed by atoms with Gasteiger partial charge in [0, 0.05) is 17.6 Å². The number of halogens is 3. The maximum atomic E-state index is 15.3. The van der Waals surface area contributed by atoms with Crippen LogP contribution in [0.3, 0.4) is 0 Å². The van der Waals surface area contributed by atoms with Gasteiger partial charge < -0.3 is 10.5 Å². The Morgan fingerprint density at radius 3 is 2.51 bits per heavy atom. The zero-order valence-electron chi connectivity index (χ0n) is 18.3. The summed E-state index contributed by atoms with van der Waals surface area (Å²) in [4.78, 5) is 3.76. The number of aryl methyl sites for hydroxylation is 1. The Kier molecular flexibility index (Phi) is 6.28. The van der Waals surface area contributed by atoms with Crippen molar-refractivity contribution in [1.82, 2.24) is 3.97 Å². The molecule has 0 fully saturated rings. The zero-order valence-corrected chi connectivity index (χ0v) is 19.1. The van der Waals surface area contributed by atoms with Gasteiger partial charge in [-0.3, -0.25) is 4.99 Å². The molecule has 6 nitrogen and oxygen atoms in total. The summed E-state index contributed by atoms with van der Waals surface area (Å²) in [6.07, 6.45) is 6.22. The van der Waals surface area contributed by atoms with Crippen LogP contribution in [-0.2, 0) is 10.0 Å². The van der Waals surface area contributed by atoms with Crippen molar-refractivity contribution >= 4 is 26.8 Å². The van der Waals surface area contributed by atoms with Crippen molar-refractivity contribution in [3.63, 3.8) is 0 Å². The topological polar surface area (TPSA) is 86.7 Å². The lowest BCUT2D eigenvalue weighted by molar-refractivity contribution is 0.390. The molecule has 1 aromatic heterocycles. The second kappa shape index (κ2) is 9.19. The first-order chi connectivity index (χ1) is 16.6. The number of nitrogens with zero attached hydrogens (tertiary/aromatic N) is 2. The molecular formula is C25H18F3N3O3S. The van der Waals surface area contributed by atoms with Gasteiger partial charge in [-0.2, -0.15) is 0 Å². The van der Waals surface area contributed by atoms with Gasteiger partial charge in [-0.05, 0) is 37.3 Å². The van der Waals surface area contributed by atoms with Crippen molar-refractivity contribution in [2.45, 2.75) is 11.8 Å². The number of benzene rings is 3. The van der Waals surface area contributed by atoms with E-state index >= 15 is 4.39 Å². The van der Waals surface area contributed by atoms with E-state index in [-0.39, 0.29) is 33.7 Å². The van der Waals surface area contributed by atoms with E-state index in [1.54, 1.807) is 19.1 Å². The first-order valence-electron chi connectivity index (χ1n) is 10.2. The predicted molar refractivity (Wildman–Crippen MR) is 127 cm³/mol. The minimum absolute atomic E-state index is 0.0512. The zero-order chi connectivity index (χ0) is 25.3. The minimum atomic E-state index is -4.13. The first-order valence-corrected chi connectivity index (χ1v) is 11.6. The van der Waals surface area contributed by atoms with Gasteiger partial charge in [-0.15, -0.1) is 6.42 Å². The van der Waals surface area contributed by atoms with Crippen molar-refractivity contribution in [2.75, 3.05) is 6.54 Å². The van der Waals surface area contributed by atoms with E-state index in [1.165, 1.54) is 30.3 Å². The third-order valence-corrected chi connectivity index (χ3v) is 6.88. The number of aliphatic imine (C=N–C) groups is 1. The fourth-order valence-corrected chi connectivity index (χ4v) is 4.74. The molecule has 0 aliphatic carbocycles. The van der Waals surface area contributed by atoms with Crippen LogP contribution in [0.5, 0.6) is 11.5 Å². The fourth-order valence-electron chi connectivity index (χ4n) is 3.41. The Labute approximate surface area is 199 Å². The van der Waals surface area contributed by atoms with Crippen LogP contribution in [0.1, 0.15) is 11.1 Å². The Morgan fingerprint density at radius 1 is 1.11 bits per heavy atom. The smallest absolute Gasteiger partial charge is 0.268 e. The van der Waals surface area contributed by atoms with Crippen LogP contribution >= 0.6 is 0 Å². The monoisotopic (exact) mass is 497 g/mol. The van der Waals surface area contributed by atoms with E-state index in [1.807, 2.05) is 0 Å². The number of rotatable bonds is 6. The molecule has 10 heteroatoms. The molecule has 0 spiro atoms. The highest BCUT2D eigenvalue weighted by Crippen LogP contribution is 2.36. The summed E-state index contributed by atoms with van der Waals surface area (Å²) in [5.74, 6) is -2.81. The van der Waals surface area contributed by atoms with Gasteiger partial charge in [0.1, 0.15) is 12.4 Å². The number of aromatic nitrogens is 1. The number of terminal acetylenes is 1. The lowest BCUT2D eigenvalue weighted by atomic mass is 10.1. The number of hydrogen-bond acceptors (Lipinski definition) is 4. The standard InChI is InChI=1S/C25H18F3N3O3S/c1-3-12-30-25(29)18-5-4-6-21(22(18)27)34-24-19(26)14-20-17(23(24)28)11-13-31(20)35(32,33)16-9-7-15(2)8-10-16/h1,4-11,13-14H,12H2,2H3,(H2,29,30). The molecule has 2 N–H and O–H groups in total. The Balaban J connectivity index is 1.77. The molecule has 0 amide bonds. The Bertz CT molecular complexity index is 1620. The minimum Gasteiger partial charge on any atom is -0.448 e. The highest BCUT2D eigenvalue weighted by Gasteiger charge is 2.25. The summed E-state index contributed by atoms with van der Waals surface area (Å²) in [6, 6.07) is 11.8. The van der Waals surface area contributed by atoms with Crippen LogP contribution in [-0.4, -0.2) is 24.8 Å². The molecule has 1 heterocycles. The third-order valence-electron chi connectivity index (χ3n) is 5.18. The van der Waals surface area contributed by atoms with Crippen LogP contribution in [0.4, 0.5) is 13.2 Å². The normalized spacial score (nSPS) is 12.0. The van der Waals surface area contributed by atoms with E-state index in [2.05, 4.69) is 10.9 Å². The van der Waals surface area contributed by atoms with Crippen LogP contribution in [0.2, 0.25) is 0 Å². The number of fused-ring (bicyclic) bond motifs is 1. The van der Waals surface area contributed by atoms with Crippen molar-refractivity contribution in [3.05, 3.63) is 89.4 Å². The van der Waals surface area contributed by atoms with Gasteiger partial charge in [0.25, 0.3) is 10.0 Å². The Hall–Kier alpha value is -4.23. The predicted octanol–water partition coefficient (Wildman–Crippen LogP) is 4.73. The second-order valence-electron chi connectivity index (χ2n) is 7.49. The summed E-state index contributed by atoms with van der Waals surface area (Å²) in [5.41, 5.74) is 6.18. The quantitative estimate of drug-likeness (QED) is 0.237. The number of hydrogen-bond donors (Lipinski definition) is 1. The van der Waals surface area contributed by atoms with Crippen molar-refractivity contribution in [1.29, 1.82) is 0 Å². The SMILES string of the molecule is C#CCN=C(N)c1cccc(Oc2c(F)cc3c(ccn3S(=O)(=O)c3ccc(C)cc3)c2F)c1F. The fraction of sp³-hybridized carbons (Fsp3) is 0.0800. The molecule has 0 unspecified atom stereocenters. The van der Waals surface area contributed by atoms with Crippen LogP contribution in [0.25, 0.3) is 10.9 Å². The van der Waals surface area contributed by atoms with Gasteiger partial charge in [-0.1, -0.05) is 29.7 Å². The Morgan fingerprint density at radius 2 is 1.83 bits per heavy atom. The van der Waals surface area contributed by atoms with Crippen LogP contribution < -0.4 is 10.5 Å². The molecule has 178 valence electrons. The number of amidine groups is 1. The van der Waals surface area contributed by atoms with Crippen molar-refractivity contribution < 1.29 is 26.3 Å². The lowest BCUT2D eigenvalue weighted by Crippen LogP contribution is -2.16. The van der Waals surface area contributed by atoms with Gasteiger partial charge in [0.05, 0.1) is 16.0 Å². The van der Waals surface area contributed by atoms with Crippen LogP contribution in [0.15, 0.2) is 70.7 Å². The molecule has 4 aromatic rings. The maximum Gasteiger partial charge on any atom is 0.268 e. The summed E-state index contributed by atoms with van der Waals surface area (Å²) in [6.45, 7) is 1.71. The highest BCUT2D eigenvalue weighted by molar-refractivity contribution is 7.90.